The van der Waals surface area contributed by atoms with Crippen LogP contribution < -0.4 is 11.1 Å². The van der Waals surface area contributed by atoms with Gasteiger partial charge in [-0.3, -0.25) is 18.5 Å². The monoisotopic (exact) mass is 555 g/mol. The van der Waals surface area contributed by atoms with Crippen LogP contribution in [0.15, 0.2) is 39.9 Å². The number of phenolic OH excluding ortho intramolecular Hbond substituents is 1. The zero-order valence-corrected chi connectivity index (χ0v) is 23.7. The maximum atomic E-state index is 13.9. The average Bonchev–Trinajstić information content (AvgIpc) is 3.27. The van der Waals surface area contributed by atoms with Crippen molar-refractivity contribution >= 4 is 40.7 Å². The summed E-state index contributed by atoms with van der Waals surface area (Å²) in [5, 5.41) is 11.5. The van der Waals surface area contributed by atoms with E-state index >= 15 is 0 Å². The molecule has 3 heterocycles. The molecule has 5 rings (SSSR count). The highest BCUT2D eigenvalue weighted by molar-refractivity contribution is 7.13. The Bertz CT molecular complexity index is 1570. The highest BCUT2D eigenvalue weighted by Crippen LogP contribution is 2.31. The van der Waals surface area contributed by atoms with Crippen LogP contribution in [0.25, 0.3) is 32.4 Å². The summed E-state index contributed by atoms with van der Waals surface area (Å²) < 4.78 is 22.5. The Kier molecular flexibility index (Phi) is 7.82. The molecule has 0 saturated carbocycles. The lowest BCUT2D eigenvalue weighted by Crippen LogP contribution is -2.27. The SMILES string of the molecule is C[Si](C)(C)CCOCn1c(=O)c(-c2cccc3c(=O)[nH]sc23)nc2c(O)cc(COC3CCCCO3)cc21. The van der Waals surface area contributed by atoms with Gasteiger partial charge in [-0.05, 0) is 49.1 Å². The number of ether oxygens (including phenoxy) is 3. The largest absolute Gasteiger partial charge is 0.506 e. The fourth-order valence-electron chi connectivity index (χ4n) is 4.50. The zero-order valence-electron chi connectivity index (χ0n) is 21.9. The highest BCUT2D eigenvalue weighted by atomic mass is 32.1. The van der Waals surface area contributed by atoms with E-state index in [1.54, 1.807) is 24.3 Å². The van der Waals surface area contributed by atoms with Crippen LogP contribution in [0.2, 0.25) is 25.7 Å². The third-order valence-electron chi connectivity index (χ3n) is 6.64. The number of nitrogens with zero attached hydrogens (tertiary/aromatic N) is 2. The molecule has 11 heteroatoms. The van der Waals surface area contributed by atoms with Crippen LogP contribution in [0, 0.1) is 0 Å². The van der Waals surface area contributed by atoms with Crippen molar-refractivity contribution in [3.05, 3.63) is 56.6 Å². The summed E-state index contributed by atoms with van der Waals surface area (Å²) in [5.41, 5.74) is 1.58. The Morgan fingerprint density at radius 1 is 1.24 bits per heavy atom. The van der Waals surface area contributed by atoms with Gasteiger partial charge in [0.1, 0.15) is 23.7 Å². The van der Waals surface area contributed by atoms with E-state index in [1.165, 1.54) is 4.57 Å². The van der Waals surface area contributed by atoms with Crippen molar-refractivity contribution in [2.75, 3.05) is 13.2 Å². The van der Waals surface area contributed by atoms with Gasteiger partial charge in [0.05, 0.1) is 22.2 Å². The number of hydrogen-bond donors (Lipinski definition) is 2. The van der Waals surface area contributed by atoms with Gasteiger partial charge in [0.2, 0.25) is 0 Å². The molecular weight excluding hydrogens is 522 g/mol. The first-order valence-electron chi connectivity index (χ1n) is 12.9. The minimum absolute atomic E-state index is 0.0180. The molecule has 2 N–H and O–H groups in total. The number of phenols is 1. The van der Waals surface area contributed by atoms with Crippen LogP contribution in [-0.2, 0) is 27.5 Å². The molecule has 1 saturated heterocycles. The molecule has 0 spiro atoms. The third kappa shape index (κ3) is 5.76. The average molecular weight is 556 g/mol. The Balaban J connectivity index is 1.57. The first kappa shape index (κ1) is 26.8. The van der Waals surface area contributed by atoms with Crippen molar-refractivity contribution in [2.45, 2.75) is 64.6 Å². The number of aromatic hydroxyl groups is 1. The van der Waals surface area contributed by atoms with Crippen LogP contribution in [-0.4, -0.2) is 46.6 Å². The number of nitrogens with one attached hydrogen (secondary N) is 1. The first-order chi connectivity index (χ1) is 18.2. The summed E-state index contributed by atoms with van der Waals surface area (Å²) in [6, 6.07) is 9.59. The van der Waals surface area contributed by atoms with Gasteiger partial charge < -0.3 is 19.3 Å². The molecule has 9 nitrogen and oxygen atoms in total. The second-order valence-corrected chi connectivity index (χ2v) is 17.3. The van der Waals surface area contributed by atoms with Crippen molar-refractivity contribution in [3.63, 3.8) is 0 Å². The van der Waals surface area contributed by atoms with Gasteiger partial charge in [-0.1, -0.05) is 43.3 Å². The molecule has 1 atom stereocenters. The third-order valence-corrected chi connectivity index (χ3v) is 9.28. The maximum Gasteiger partial charge on any atom is 0.279 e. The number of rotatable bonds is 9. The summed E-state index contributed by atoms with van der Waals surface area (Å²) >= 11 is 1.16. The fourth-order valence-corrected chi connectivity index (χ4v) is 6.10. The number of benzene rings is 2. The summed E-state index contributed by atoms with van der Waals surface area (Å²) in [6.45, 7) is 8.27. The van der Waals surface area contributed by atoms with Gasteiger partial charge in [-0.2, -0.15) is 0 Å². The number of hydrogen-bond acceptors (Lipinski definition) is 8. The molecule has 2 aromatic carbocycles. The van der Waals surface area contributed by atoms with Gasteiger partial charge in [0.15, 0.2) is 6.29 Å². The van der Waals surface area contributed by atoms with Crippen molar-refractivity contribution in [1.82, 2.24) is 13.9 Å². The van der Waals surface area contributed by atoms with E-state index in [4.69, 9.17) is 14.2 Å². The van der Waals surface area contributed by atoms with Gasteiger partial charge >= 0.3 is 0 Å². The lowest BCUT2D eigenvalue weighted by Gasteiger charge is -2.23. The first-order valence-corrected chi connectivity index (χ1v) is 17.4. The number of H-pyrrole nitrogens is 1. The second-order valence-electron chi connectivity index (χ2n) is 10.8. The minimum atomic E-state index is -1.32. The highest BCUT2D eigenvalue weighted by Gasteiger charge is 2.21. The smallest absolute Gasteiger partial charge is 0.279 e. The molecule has 1 unspecified atom stereocenters. The molecule has 1 aliphatic rings. The Hall–Kier alpha value is -2.83. The number of aromatic amines is 1. The van der Waals surface area contributed by atoms with Gasteiger partial charge in [-0.25, -0.2) is 4.98 Å². The van der Waals surface area contributed by atoms with E-state index < -0.39 is 8.07 Å². The molecule has 2 aromatic heterocycles. The molecule has 0 aliphatic carbocycles. The predicted octanol–water partition coefficient (Wildman–Crippen LogP) is 5.03. The number of fused-ring (bicyclic) bond motifs is 2. The van der Waals surface area contributed by atoms with Crippen molar-refractivity contribution in [1.29, 1.82) is 0 Å². The molecule has 4 aromatic rings. The Morgan fingerprint density at radius 2 is 2.08 bits per heavy atom. The summed E-state index contributed by atoms with van der Waals surface area (Å²) in [4.78, 5) is 30.7. The molecule has 202 valence electrons. The van der Waals surface area contributed by atoms with Gasteiger partial charge in [0.25, 0.3) is 11.1 Å². The van der Waals surface area contributed by atoms with Crippen LogP contribution >= 0.6 is 11.5 Å². The molecule has 0 bridgehead atoms. The zero-order chi connectivity index (χ0) is 26.9. The quantitative estimate of drug-likeness (QED) is 0.220. The standard InChI is InChI=1S/C27H33N3O6SSi/c1-38(2,3)12-11-34-16-30-20-13-17(15-36-22-9-4-5-10-35-22)14-21(31)24(20)28-23(27(30)33)18-7-6-8-19-25(18)37-29-26(19)32/h6-8,13-14,22,31H,4-5,9-12,15-16H2,1-3H3,(H,29,32). The topological polar surface area (TPSA) is 116 Å². The molecule has 1 fully saturated rings. The lowest BCUT2D eigenvalue weighted by molar-refractivity contribution is -0.168. The van der Waals surface area contributed by atoms with Gasteiger partial charge in [0, 0.05) is 26.9 Å². The predicted molar refractivity (Wildman–Crippen MR) is 152 cm³/mol. The van der Waals surface area contributed by atoms with Gasteiger partial charge in [-0.15, -0.1) is 0 Å². The van der Waals surface area contributed by atoms with Crippen LogP contribution in [0.1, 0.15) is 24.8 Å². The normalized spacial score (nSPS) is 16.4. The number of aromatic nitrogens is 3. The fraction of sp³-hybridized carbons (Fsp3) is 0.444. The summed E-state index contributed by atoms with van der Waals surface area (Å²) in [7, 11) is -1.32. The van der Waals surface area contributed by atoms with E-state index in [9.17, 15) is 14.7 Å². The summed E-state index contributed by atoms with van der Waals surface area (Å²) in [5.74, 6) is -0.0582. The van der Waals surface area contributed by atoms with E-state index in [-0.39, 0.29) is 47.7 Å². The Labute approximate surface area is 225 Å². The van der Waals surface area contributed by atoms with Crippen molar-refractivity contribution in [2.24, 2.45) is 0 Å². The molecule has 0 radical (unpaired) electrons. The van der Waals surface area contributed by atoms with Crippen LogP contribution in [0.4, 0.5) is 0 Å². The molecule has 1 aliphatic heterocycles. The summed E-state index contributed by atoms with van der Waals surface area (Å²) in [6.07, 6.45) is 2.64. The van der Waals surface area contributed by atoms with Crippen LogP contribution in [0.5, 0.6) is 5.75 Å². The van der Waals surface area contributed by atoms with Crippen molar-refractivity contribution in [3.8, 4) is 17.0 Å². The maximum absolute atomic E-state index is 13.9. The molecular formula is C27H33N3O6SSi. The lowest BCUT2D eigenvalue weighted by atomic mass is 10.1. The van der Waals surface area contributed by atoms with E-state index in [1.807, 2.05) is 6.07 Å². The minimum Gasteiger partial charge on any atom is -0.506 e. The van der Waals surface area contributed by atoms with Crippen LogP contribution in [0.3, 0.4) is 0 Å². The second kappa shape index (κ2) is 11.1. The van der Waals surface area contributed by atoms with E-state index in [2.05, 4.69) is 29.0 Å². The Morgan fingerprint density at radius 3 is 2.84 bits per heavy atom. The van der Waals surface area contributed by atoms with Crippen molar-refractivity contribution < 1.29 is 19.3 Å². The van der Waals surface area contributed by atoms with E-state index in [0.717, 1.165) is 36.8 Å². The van der Waals surface area contributed by atoms with E-state index in [0.29, 0.717) is 39.9 Å². The molecule has 38 heavy (non-hydrogen) atoms. The molecule has 0 amide bonds.